The Labute approximate surface area is 241 Å². The summed E-state index contributed by atoms with van der Waals surface area (Å²) in [6, 6.07) is 7.28. The number of amides is 2. The van der Waals surface area contributed by atoms with Gasteiger partial charge in [-0.1, -0.05) is 69.7 Å². The molecule has 2 rings (SSSR count). The zero-order chi connectivity index (χ0) is 28.7. The number of hydrogen-bond donors (Lipinski definition) is 0. The largest absolute Gasteiger partial charge is 0.383 e. The number of unbranched alkanes of at least 4 members (excludes halogenated alkanes) is 5. The molecule has 0 atom stereocenters. The predicted molar refractivity (Wildman–Crippen MR) is 157 cm³/mol. The summed E-state index contributed by atoms with van der Waals surface area (Å²) in [4.78, 5) is 30.2. The van der Waals surface area contributed by atoms with Crippen molar-refractivity contribution in [1.29, 1.82) is 0 Å². The summed E-state index contributed by atoms with van der Waals surface area (Å²) in [5.74, 6) is -0.0613. The van der Waals surface area contributed by atoms with E-state index in [4.69, 9.17) is 16.3 Å². The lowest BCUT2D eigenvalue weighted by atomic mass is 10.0. The lowest BCUT2D eigenvalue weighted by molar-refractivity contribution is -0.137. The van der Waals surface area contributed by atoms with Gasteiger partial charge in [0.25, 0.3) is 0 Å². The van der Waals surface area contributed by atoms with Crippen LogP contribution in [0.4, 0.5) is 0 Å². The van der Waals surface area contributed by atoms with Crippen molar-refractivity contribution in [3.63, 3.8) is 0 Å². The van der Waals surface area contributed by atoms with Crippen LogP contribution < -0.4 is 0 Å². The molecule has 0 spiro atoms. The average Bonchev–Trinajstić information content (AvgIpc) is 2.92. The number of hydrogen-bond acceptors (Lipinski definition) is 5. The highest BCUT2D eigenvalue weighted by molar-refractivity contribution is 7.89. The maximum absolute atomic E-state index is 13.7. The molecule has 0 saturated carbocycles. The molecule has 1 aromatic carbocycles. The molecule has 1 aromatic rings. The number of carbonyl (C=O) groups is 2. The molecule has 1 aliphatic heterocycles. The van der Waals surface area contributed by atoms with E-state index in [0.29, 0.717) is 50.3 Å². The first-order valence-corrected chi connectivity index (χ1v) is 16.5. The molecule has 1 heterocycles. The standard InChI is InChI=1S/C29H48ClN3O5S/c1-4-6-7-8-9-10-11-28(34)31-18-16-27(17-19-31)33(23-25-12-14-26(30)15-13-25)29(35)24-32(20-21-38-3)39(36,37)22-5-2/h12-15,27H,4-11,16-24H2,1-3H3. The monoisotopic (exact) mass is 585 g/mol. The lowest BCUT2D eigenvalue weighted by Crippen LogP contribution is -2.51. The van der Waals surface area contributed by atoms with Crippen LogP contribution in [0.15, 0.2) is 24.3 Å². The van der Waals surface area contributed by atoms with E-state index in [1.54, 1.807) is 17.0 Å². The number of likely N-dealkylation sites (tertiary alicyclic amines) is 1. The van der Waals surface area contributed by atoms with E-state index in [1.165, 1.54) is 37.1 Å². The Hall–Kier alpha value is -1.68. The van der Waals surface area contributed by atoms with E-state index in [-0.39, 0.29) is 43.3 Å². The van der Waals surface area contributed by atoms with Crippen molar-refractivity contribution in [3.8, 4) is 0 Å². The third-order valence-corrected chi connectivity index (χ3v) is 9.58. The summed E-state index contributed by atoms with van der Waals surface area (Å²) >= 11 is 6.07. The Morgan fingerprint density at radius 2 is 1.64 bits per heavy atom. The van der Waals surface area contributed by atoms with Crippen molar-refractivity contribution < 1.29 is 22.7 Å². The molecule has 0 radical (unpaired) electrons. The van der Waals surface area contributed by atoms with Crippen LogP contribution in [0.3, 0.4) is 0 Å². The van der Waals surface area contributed by atoms with E-state index < -0.39 is 10.0 Å². The Morgan fingerprint density at radius 1 is 1.00 bits per heavy atom. The zero-order valence-corrected chi connectivity index (χ0v) is 25.6. The summed E-state index contributed by atoms with van der Waals surface area (Å²) in [6.07, 6.45) is 9.28. The number of sulfonamides is 1. The molecule has 1 aliphatic rings. The van der Waals surface area contributed by atoms with E-state index in [0.717, 1.165) is 18.4 Å². The van der Waals surface area contributed by atoms with Crippen molar-refractivity contribution in [2.45, 2.75) is 90.6 Å². The minimum atomic E-state index is -3.58. The fraction of sp³-hybridized carbons (Fsp3) is 0.724. The highest BCUT2D eigenvalue weighted by atomic mass is 35.5. The molecule has 1 saturated heterocycles. The normalized spacial score (nSPS) is 14.6. The Bertz CT molecular complexity index is 966. The number of nitrogens with zero attached hydrogens (tertiary/aromatic N) is 3. The summed E-state index contributed by atoms with van der Waals surface area (Å²) < 4.78 is 32.1. The first kappa shape index (κ1) is 33.5. The molecule has 0 unspecified atom stereocenters. The SMILES string of the molecule is CCCCCCCCC(=O)N1CCC(N(Cc2ccc(Cl)cc2)C(=O)CN(CCOC)S(=O)(=O)CCC)CC1. The number of ether oxygens (including phenoxy) is 1. The maximum atomic E-state index is 13.7. The zero-order valence-electron chi connectivity index (χ0n) is 24.1. The van der Waals surface area contributed by atoms with Crippen molar-refractivity contribution in [2.75, 3.05) is 45.6 Å². The van der Waals surface area contributed by atoms with Gasteiger partial charge in [0.1, 0.15) is 0 Å². The minimum absolute atomic E-state index is 0.0136. The highest BCUT2D eigenvalue weighted by Crippen LogP contribution is 2.22. The number of halogens is 1. The molecule has 39 heavy (non-hydrogen) atoms. The van der Waals surface area contributed by atoms with Gasteiger partial charge in [-0.2, -0.15) is 4.31 Å². The molecule has 222 valence electrons. The van der Waals surface area contributed by atoms with Gasteiger partial charge in [0.05, 0.1) is 18.9 Å². The van der Waals surface area contributed by atoms with E-state index in [2.05, 4.69) is 6.92 Å². The molecular formula is C29H48ClN3O5S. The first-order chi connectivity index (χ1) is 18.7. The summed E-state index contributed by atoms with van der Waals surface area (Å²) in [5, 5.41) is 0.616. The van der Waals surface area contributed by atoms with Crippen molar-refractivity contribution in [3.05, 3.63) is 34.9 Å². The van der Waals surface area contributed by atoms with Crippen LogP contribution in [-0.4, -0.2) is 86.0 Å². The molecule has 0 aromatic heterocycles. The number of carbonyl (C=O) groups excluding carboxylic acids is 2. The van der Waals surface area contributed by atoms with Crippen molar-refractivity contribution >= 4 is 33.4 Å². The van der Waals surface area contributed by atoms with Crippen LogP contribution in [0.1, 0.15) is 83.6 Å². The lowest BCUT2D eigenvalue weighted by Gasteiger charge is -2.39. The fourth-order valence-electron chi connectivity index (χ4n) is 4.99. The van der Waals surface area contributed by atoms with Crippen molar-refractivity contribution in [2.24, 2.45) is 0 Å². The van der Waals surface area contributed by atoms with E-state index in [1.807, 2.05) is 24.0 Å². The third-order valence-electron chi connectivity index (χ3n) is 7.30. The Balaban J connectivity index is 2.07. The molecule has 0 N–H and O–H groups in total. The molecule has 0 bridgehead atoms. The Kier molecular flexibility index (Phi) is 15.4. The first-order valence-electron chi connectivity index (χ1n) is 14.5. The van der Waals surface area contributed by atoms with Crippen LogP contribution in [0.25, 0.3) is 0 Å². The smallest absolute Gasteiger partial charge is 0.238 e. The third kappa shape index (κ3) is 11.8. The van der Waals surface area contributed by atoms with E-state index in [9.17, 15) is 18.0 Å². The van der Waals surface area contributed by atoms with Gasteiger partial charge in [0.15, 0.2) is 0 Å². The summed E-state index contributed by atoms with van der Waals surface area (Å²) in [6.45, 7) is 5.69. The van der Waals surface area contributed by atoms with Gasteiger partial charge in [0.2, 0.25) is 21.8 Å². The summed E-state index contributed by atoms with van der Waals surface area (Å²) in [5.41, 5.74) is 0.925. The quantitative estimate of drug-likeness (QED) is 0.224. The second kappa shape index (κ2) is 17.9. The maximum Gasteiger partial charge on any atom is 0.238 e. The van der Waals surface area contributed by atoms with Gasteiger partial charge < -0.3 is 14.5 Å². The topological polar surface area (TPSA) is 87.2 Å². The predicted octanol–water partition coefficient (Wildman–Crippen LogP) is 5.10. The number of benzene rings is 1. The highest BCUT2D eigenvalue weighted by Gasteiger charge is 2.32. The van der Waals surface area contributed by atoms with Gasteiger partial charge in [0, 0.05) is 50.8 Å². The molecule has 2 amide bonds. The molecular weight excluding hydrogens is 538 g/mol. The second-order valence-corrected chi connectivity index (χ2v) is 12.9. The minimum Gasteiger partial charge on any atom is -0.383 e. The molecule has 1 fully saturated rings. The number of rotatable bonds is 18. The molecule has 10 heteroatoms. The van der Waals surface area contributed by atoms with Crippen molar-refractivity contribution in [1.82, 2.24) is 14.1 Å². The molecule has 0 aliphatic carbocycles. The van der Waals surface area contributed by atoms with Gasteiger partial charge in [-0.25, -0.2) is 8.42 Å². The fourth-order valence-corrected chi connectivity index (χ4v) is 6.55. The van der Waals surface area contributed by atoms with E-state index >= 15 is 0 Å². The van der Waals surface area contributed by atoms with Crippen LogP contribution in [0.5, 0.6) is 0 Å². The van der Waals surface area contributed by atoms with Gasteiger partial charge in [-0.3, -0.25) is 9.59 Å². The van der Waals surface area contributed by atoms with Gasteiger partial charge >= 0.3 is 0 Å². The Morgan fingerprint density at radius 3 is 2.26 bits per heavy atom. The average molecular weight is 586 g/mol. The van der Waals surface area contributed by atoms with Gasteiger partial charge in [-0.05, 0) is 43.4 Å². The van der Waals surface area contributed by atoms with Gasteiger partial charge in [-0.15, -0.1) is 0 Å². The second-order valence-electron chi connectivity index (χ2n) is 10.4. The van der Waals surface area contributed by atoms with Crippen LogP contribution in [0, 0.1) is 0 Å². The molecule has 8 nitrogen and oxygen atoms in total. The van der Waals surface area contributed by atoms with Crippen LogP contribution in [0.2, 0.25) is 5.02 Å². The summed E-state index contributed by atoms with van der Waals surface area (Å²) in [7, 11) is -2.07. The number of piperidine rings is 1. The van der Waals surface area contributed by atoms with Crippen LogP contribution >= 0.6 is 11.6 Å². The number of methoxy groups -OCH3 is 1. The van der Waals surface area contributed by atoms with Crippen LogP contribution in [-0.2, 0) is 30.9 Å².